The van der Waals surface area contributed by atoms with Crippen LogP contribution >= 0.6 is 0 Å². The molecule has 2 aromatic rings. The van der Waals surface area contributed by atoms with E-state index in [0.29, 0.717) is 6.54 Å². The van der Waals surface area contributed by atoms with E-state index in [1.54, 1.807) is 18.7 Å². The highest BCUT2D eigenvalue weighted by Gasteiger charge is 2.41. The predicted molar refractivity (Wildman–Crippen MR) is 110 cm³/mol. The summed E-state index contributed by atoms with van der Waals surface area (Å²) >= 11 is 0. The third kappa shape index (κ3) is 3.61. The third-order valence-corrected chi connectivity index (χ3v) is 5.44. The number of carbonyl (C=O) groups excluding carboxylic acids is 2. The first-order valence-electron chi connectivity index (χ1n) is 9.66. The summed E-state index contributed by atoms with van der Waals surface area (Å²) in [7, 11) is 0. The number of anilines is 2. The topological polar surface area (TPSA) is 49.4 Å². The second kappa shape index (κ2) is 7.55. The summed E-state index contributed by atoms with van der Waals surface area (Å²) in [6.45, 7) is 8.12. The van der Waals surface area contributed by atoms with Gasteiger partial charge in [-0.3, -0.25) is 9.59 Å². The number of fused-ring (bicyclic) bond motifs is 1. The van der Waals surface area contributed by atoms with Crippen LogP contribution in [0, 0.1) is 12.3 Å². The Balaban J connectivity index is 1.86. The number of carbonyl (C=O) groups is 2. The smallest absolute Gasteiger partial charge is 0.242 e. The Morgan fingerprint density at radius 2 is 1.85 bits per heavy atom. The number of para-hydroxylation sites is 2. The van der Waals surface area contributed by atoms with Crippen LogP contribution in [0.25, 0.3) is 0 Å². The molecule has 0 radical (unpaired) electrons. The first-order chi connectivity index (χ1) is 12.9. The summed E-state index contributed by atoms with van der Waals surface area (Å²) in [5.41, 5.74) is 3.85. The SMILES string of the molecule is CCc1cccc(C)c1NC(=O)C(C)(C)C(=O)N1CCCc2ccccc21. The Morgan fingerprint density at radius 3 is 2.59 bits per heavy atom. The molecular weight excluding hydrogens is 336 g/mol. The van der Waals surface area contributed by atoms with Crippen molar-refractivity contribution in [3.8, 4) is 0 Å². The molecule has 0 saturated carbocycles. The van der Waals surface area contributed by atoms with Crippen LogP contribution in [0.2, 0.25) is 0 Å². The van der Waals surface area contributed by atoms with E-state index >= 15 is 0 Å². The second-order valence-corrected chi connectivity index (χ2v) is 7.73. The lowest BCUT2D eigenvalue weighted by Crippen LogP contribution is -2.49. The molecule has 4 nitrogen and oxygen atoms in total. The largest absolute Gasteiger partial charge is 0.325 e. The molecule has 0 bridgehead atoms. The van der Waals surface area contributed by atoms with Crippen molar-refractivity contribution in [3.63, 3.8) is 0 Å². The first kappa shape index (κ1) is 19.2. The summed E-state index contributed by atoms with van der Waals surface area (Å²) in [5, 5.41) is 3.03. The van der Waals surface area contributed by atoms with Crippen molar-refractivity contribution in [2.75, 3.05) is 16.8 Å². The Hall–Kier alpha value is -2.62. The molecule has 1 heterocycles. The van der Waals surface area contributed by atoms with Crippen LogP contribution in [-0.4, -0.2) is 18.4 Å². The lowest BCUT2D eigenvalue weighted by Gasteiger charge is -2.35. The van der Waals surface area contributed by atoms with Crippen LogP contribution in [0.15, 0.2) is 42.5 Å². The van der Waals surface area contributed by atoms with E-state index in [0.717, 1.165) is 41.8 Å². The van der Waals surface area contributed by atoms with Crippen molar-refractivity contribution >= 4 is 23.2 Å². The number of hydrogen-bond donors (Lipinski definition) is 1. The van der Waals surface area contributed by atoms with Crippen LogP contribution < -0.4 is 10.2 Å². The van der Waals surface area contributed by atoms with Gasteiger partial charge in [-0.05, 0) is 62.8 Å². The van der Waals surface area contributed by atoms with E-state index in [4.69, 9.17) is 0 Å². The number of aryl methyl sites for hydroxylation is 3. The lowest BCUT2D eigenvalue weighted by atomic mass is 9.88. The highest BCUT2D eigenvalue weighted by Crippen LogP contribution is 2.32. The zero-order chi connectivity index (χ0) is 19.6. The quantitative estimate of drug-likeness (QED) is 0.812. The van der Waals surface area contributed by atoms with Crippen molar-refractivity contribution in [1.82, 2.24) is 0 Å². The van der Waals surface area contributed by atoms with Crippen LogP contribution in [0.5, 0.6) is 0 Å². The van der Waals surface area contributed by atoms with Crippen molar-refractivity contribution in [2.45, 2.75) is 47.0 Å². The molecule has 142 valence electrons. The van der Waals surface area contributed by atoms with E-state index in [1.807, 2.05) is 43.3 Å². The molecule has 0 aliphatic carbocycles. The van der Waals surface area contributed by atoms with E-state index in [2.05, 4.69) is 18.3 Å². The van der Waals surface area contributed by atoms with E-state index in [1.165, 1.54) is 5.56 Å². The molecule has 2 amide bonds. The molecule has 0 fully saturated rings. The molecule has 27 heavy (non-hydrogen) atoms. The maximum absolute atomic E-state index is 13.3. The van der Waals surface area contributed by atoms with Gasteiger partial charge in [-0.2, -0.15) is 0 Å². The van der Waals surface area contributed by atoms with Crippen molar-refractivity contribution in [2.24, 2.45) is 5.41 Å². The average molecular weight is 364 g/mol. The zero-order valence-corrected chi connectivity index (χ0v) is 16.6. The van der Waals surface area contributed by atoms with E-state index in [-0.39, 0.29) is 11.8 Å². The summed E-state index contributed by atoms with van der Waals surface area (Å²) in [6.07, 6.45) is 2.71. The Labute approximate surface area is 161 Å². The summed E-state index contributed by atoms with van der Waals surface area (Å²) < 4.78 is 0. The molecule has 3 rings (SSSR count). The maximum Gasteiger partial charge on any atom is 0.242 e. The number of rotatable bonds is 4. The molecule has 1 N–H and O–H groups in total. The molecule has 2 aromatic carbocycles. The number of amides is 2. The zero-order valence-electron chi connectivity index (χ0n) is 16.6. The fourth-order valence-corrected chi connectivity index (χ4v) is 3.65. The average Bonchev–Trinajstić information content (AvgIpc) is 2.68. The van der Waals surface area contributed by atoms with Crippen LogP contribution in [0.4, 0.5) is 11.4 Å². The standard InChI is InChI=1S/C23H28N2O2/c1-5-17-12-8-10-16(2)20(17)24-21(26)23(3,4)22(27)25-15-9-13-18-11-6-7-14-19(18)25/h6-8,10-12,14H,5,9,13,15H2,1-4H3,(H,24,26). The summed E-state index contributed by atoms with van der Waals surface area (Å²) in [5.74, 6) is -0.418. The van der Waals surface area contributed by atoms with Gasteiger partial charge in [0.05, 0.1) is 0 Å². The lowest BCUT2D eigenvalue weighted by molar-refractivity contribution is -0.136. The molecule has 1 aliphatic rings. The van der Waals surface area contributed by atoms with E-state index < -0.39 is 5.41 Å². The minimum atomic E-state index is -1.16. The molecule has 0 saturated heterocycles. The minimum Gasteiger partial charge on any atom is -0.325 e. The number of nitrogens with one attached hydrogen (secondary N) is 1. The van der Waals surface area contributed by atoms with Crippen molar-refractivity contribution < 1.29 is 9.59 Å². The van der Waals surface area contributed by atoms with Gasteiger partial charge in [-0.1, -0.05) is 43.3 Å². The van der Waals surface area contributed by atoms with Crippen LogP contribution in [0.3, 0.4) is 0 Å². The number of nitrogens with zero attached hydrogens (tertiary/aromatic N) is 1. The highest BCUT2D eigenvalue weighted by atomic mass is 16.2. The van der Waals surface area contributed by atoms with Gasteiger partial charge >= 0.3 is 0 Å². The van der Waals surface area contributed by atoms with Crippen molar-refractivity contribution in [1.29, 1.82) is 0 Å². The molecule has 1 aliphatic heterocycles. The molecule has 0 aromatic heterocycles. The van der Waals surface area contributed by atoms with Gasteiger partial charge in [0.25, 0.3) is 0 Å². The normalized spacial score (nSPS) is 13.9. The van der Waals surface area contributed by atoms with Crippen molar-refractivity contribution in [3.05, 3.63) is 59.2 Å². The van der Waals surface area contributed by atoms with Crippen LogP contribution in [-0.2, 0) is 22.4 Å². The Kier molecular flexibility index (Phi) is 5.36. The van der Waals surface area contributed by atoms with Gasteiger partial charge in [0.2, 0.25) is 11.8 Å². The van der Waals surface area contributed by atoms with Gasteiger partial charge in [-0.15, -0.1) is 0 Å². The molecule has 0 atom stereocenters. The second-order valence-electron chi connectivity index (χ2n) is 7.73. The van der Waals surface area contributed by atoms with E-state index in [9.17, 15) is 9.59 Å². The van der Waals surface area contributed by atoms with Gasteiger partial charge in [-0.25, -0.2) is 0 Å². The molecule has 0 spiro atoms. The fourth-order valence-electron chi connectivity index (χ4n) is 3.65. The predicted octanol–water partition coefficient (Wildman–Crippen LogP) is 4.50. The third-order valence-electron chi connectivity index (χ3n) is 5.44. The van der Waals surface area contributed by atoms with Gasteiger partial charge in [0.15, 0.2) is 0 Å². The first-order valence-corrected chi connectivity index (χ1v) is 9.66. The maximum atomic E-state index is 13.3. The Morgan fingerprint density at radius 1 is 1.11 bits per heavy atom. The summed E-state index contributed by atoms with van der Waals surface area (Å²) in [4.78, 5) is 28.2. The minimum absolute atomic E-state index is 0.154. The fraction of sp³-hybridized carbons (Fsp3) is 0.391. The molecule has 4 heteroatoms. The number of hydrogen-bond acceptors (Lipinski definition) is 2. The van der Waals surface area contributed by atoms with Crippen LogP contribution in [0.1, 0.15) is 43.9 Å². The monoisotopic (exact) mass is 364 g/mol. The molecule has 0 unspecified atom stereocenters. The van der Waals surface area contributed by atoms with Gasteiger partial charge in [0.1, 0.15) is 5.41 Å². The Bertz CT molecular complexity index is 870. The van der Waals surface area contributed by atoms with Gasteiger partial charge in [0, 0.05) is 17.9 Å². The summed E-state index contributed by atoms with van der Waals surface area (Å²) in [6, 6.07) is 13.9. The van der Waals surface area contributed by atoms with Gasteiger partial charge < -0.3 is 10.2 Å². The highest BCUT2D eigenvalue weighted by molar-refractivity contribution is 6.15. The molecular formula is C23H28N2O2. The number of benzene rings is 2.